The number of carbonyl (C=O) groups is 1. The van der Waals surface area contributed by atoms with Crippen LogP contribution in [0.5, 0.6) is 5.75 Å². The van der Waals surface area contributed by atoms with E-state index in [2.05, 4.69) is 5.32 Å². The third kappa shape index (κ3) is 2.32. The number of nitrogens with one attached hydrogen (secondary N) is 1. The molecule has 1 aromatic rings. The standard InChI is InChI=1S/C15H20N2O2/c1-10-4-5-12(14(18)7-10)15(19)17-8-11-3-2-6-16-13(11)9-17/h4-5,7,11,13,16,18H,2-3,6,8-9H2,1H3. The van der Waals surface area contributed by atoms with E-state index in [1.807, 2.05) is 17.9 Å². The van der Waals surface area contributed by atoms with Crippen LogP contribution in [0.2, 0.25) is 0 Å². The predicted molar refractivity (Wildman–Crippen MR) is 73.3 cm³/mol. The molecule has 2 unspecified atom stereocenters. The molecule has 1 amide bonds. The van der Waals surface area contributed by atoms with Crippen LogP contribution >= 0.6 is 0 Å². The summed E-state index contributed by atoms with van der Waals surface area (Å²) in [6.45, 7) is 4.53. The van der Waals surface area contributed by atoms with Gasteiger partial charge >= 0.3 is 0 Å². The fourth-order valence-corrected chi connectivity index (χ4v) is 3.21. The third-order valence-corrected chi connectivity index (χ3v) is 4.27. The first-order valence-electron chi connectivity index (χ1n) is 6.97. The van der Waals surface area contributed by atoms with E-state index in [-0.39, 0.29) is 11.7 Å². The number of phenolic OH excluding ortho intramolecular Hbond substituents is 1. The van der Waals surface area contributed by atoms with E-state index in [1.165, 1.54) is 12.8 Å². The highest BCUT2D eigenvalue weighted by Crippen LogP contribution is 2.28. The Hall–Kier alpha value is -1.55. The molecule has 2 aliphatic heterocycles. The molecule has 19 heavy (non-hydrogen) atoms. The highest BCUT2D eigenvalue weighted by molar-refractivity contribution is 5.97. The maximum Gasteiger partial charge on any atom is 0.257 e. The molecule has 2 fully saturated rings. The molecule has 0 aliphatic carbocycles. The van der Waals surface area contributed by atoms with Crippen molar-refractivity contribution in [1.29, 1.82) is 0 Å². The van der Waals surface area contributed by atoms with Gasteiger partial charge in [-0.25, -0.2) is 0 Å². The average Bonchev–Trinajstić information content (AvgIpc) is 2.81. The Morgan fingerprint density at radius 2 is 2.26 bits per heavy atom. The average molecular weight is 260 g/mol. The third-order valence-electron chi connectivity index (χ3n) is 4.27. The SMILES string of the molecule is Cc1ccc(C(=O)N2CC3CCCNC3C2)c(O)c1. The number of aryl methyl sites for hydroxylation is 1. The number of aromatic hydroxyl groups is 1. The second-order valence-electron chi connectivity index (χ2n) is 5.69. The minimum Gasteiger partial charge on any atom is -0.507 e. The van der Waals surface area contributed by atoms with Crippen molar-refractivity contribution in [2.45, 2.75) is 25.8 Å². The molecule has 2 N–H and O–H groups in total. The number of nitrogens with zero attached hydrogens (tertiary/aromatic N) is 1. The number of amides is 1. The van der Waals surface area contributed by atoms with Gasteiger partial charge in [-0.2, -0.15) is 0 Å². The van der Waals surface area contributed by atoms with Gasteiger partial charge in [-0.15, -0.1) is 0 Å². The number of fused-ring (bicyclic) bond motifs is 1. The summed E-state index contributed by atoms with van der Waals surface area (Å²) in [5.41, 5.74) is 1.38. The number of hydrogen-bond acceptors (Lipinski definition) is 3. The number of phenols is 1. The number of piperidine rings is 1. The number of carbonyl (C=O) groups excluding carboxylic acids is 1. The Morgan fingerprint density at radius 1 is 1.42 bits per heavy atom. The molecule has 2 aliphatic rings. The molecule has 0 saturated carbocycles. The summed E-state index contributed by atoms with van der Waals surface area (Å²) in [6, 6.07) is 5.68. The van der Waals surface area contributed by atoms with Crippen molar-refractivity contribution in [1.82, 2.24) is 10.2 Å². The summed E-state index contributed by atoms with van der Waals surface area (Å²) < 4.78 is 0. The van der Waals surface area contributed by atoms with Crippen LogP contribution in [0, 0.1) is 12.8 Å². The fourth-order valence-electron chi connectivity index (χ4n) is 3.21. The summed E-state index contributed by atoms with van der Waals surface area (Å²) in [5.74, 6) is 0.617. The maximum absolute atomic E-state index is 12.5. The van der Waals surface area contributed by atoms with Gasteiger partial charge in [-0.05, 0) is 49.9 Å². The number of likely N-dealkylation sites (tertiary alicyclic amines) is 1. The van der Waals surface area contributed by atoms with Crippen molar-refractivity contribution in [2.24, 2.45) is 5.92 Å². The van der Waals surface area contributed by atoms with Crippen molar-refractivity contribution >= 4 is 5.91 Å². The highest BCUT2D eigenvalue weighted by Gasteiger charge is 2.37. The normalized spacial score (nSPS) is 26.3. The van der Waals surface area contributed by atoms with E-state index in [1.54, 1.807) is 12.1 Å². The number of hydrogen-bond donors (Lipinski definition) is 2. The monoisotopic (exact) mass is 260 g/mol. The lowest BCUT2D eigenvalue weighted by Gasteiger charge is -2.24. The summed E-state index contributed by atoms with van der Waals surface area (Å²) in [6.07, 6.45) is 2.39. The Labute approximate surface area is 113 Å². The minimum absolute atomic E-state index is 0.0475. The van der Waals surface area contributed by atoms with Gasteiger partial charge in [0.1, 0.15) is 5.75 Å². The van der Waals surface area contributed by atoms with E-state index in [9.17, 15) is 9.90 Å². The summed E-state index contributed by atoms with van der Waals surface area (Å²) in [4.78, 5) is 14.3. The van der Waals surface area contributed by atoms with Crippen LogP contribution in [0.1, 0.15) is 28.8 Å². The van der Waals surface area contributed by atoms with Crippen molar-refractivity contribution in [2.75, 3.05) is 19.6 Å². The first-order chi connectivity index (χ1) is 9.15. The second kappa shape index (κ2) is 4.85. The zero-order valence-corrected chi connectivity index (χ0v) is 11.2. The molecule has 1 aromatic carbocycles. The highest BCUT2D eigenvalue weighted by atomic mass is 16.3. The second-order valence-corrected chi connectivity index (χ2v) is 5.69. The number of benzene rings is 1. The Kier molecular flexibility index (Phi) is 3.19. The van der Waals surface area contributed by atoms with E-state index in [0.29, 0.717) is 17.5 Å². The first-order valence-corrected chi connectivity index (χ1v) is 6.97. The molecule has 2 atom stereocenters. The lowest BCUT2D eigenvalue weighted by atomic mass is 9.94. The summed E-state index contributed by atoms with van der Waals surface area (Å²) >= 11 is 0. The molecule has 4 heteroatoms. The van der Waals surface area contributed by atoms with E-state index in [4.69, 9.17) is 0 Å². The predicted octanol–water partition coefficient (Wildman–Crippen LogP) is 1.52. The minimum atomic E-state index is -0.0475. The molecule has 0 radical (unpaired) electrons. The van der Waals surface area contributed by atoms with Crippen LogP contribution < -0.4 is 5.32 Å². The Bertz CT molecular complexity index is 487. The van der Waals surface area contributed by atoms with Gasteiger partial charge in [0.2, 0.25) is 0 Å². The zero-order valence-electron chi connectivity index (χ0n) is 11.2. The van der Waals surface area contributed by atoms with Crippen molar-refractivity contribution in [3.05, 3.63) is 29.3 Å². The molecule has 102 valence electrons. The van der Waals surface area contributed by atoms with Crippen molar-refractivity contribution in [3.63, 3.8) is 0 Å². The molecule has 0 bridgehead atoms. The maximum atomic E-state index is 12.5. The fraction of sp³-hybridized carbons (Fsp3) is 0.533. The van der Waals surface area contributed by atoms with Gasteiger partial charge in [-0.1, -0.05) is 6.07 Å². The zero-order chi connectivity index (χ0) is 13.4. The lowest BCUT2D eigenvalue weighted by Crippen LogP contribution is -2.41. The molecule has 0 spiro atoms. The van der Waals surface area contributed by atoms with Gasteiger partial charge in [0.05, 0.1) is 5.56 Å². The number of rotatable bonds is 1. The quantitative estimate of drug-likeness (QED) is 0.805. The smallest absolute Gasteiger partial charge is 0.257 e. The van der Waals surface area contributed by atoms with Gasteiger partial charge in [0.15, 0.2) is 0 Å². The Morgan fingerprint density at radius 3 is 3.00 bits per heavy atom. The van der Waals surface area contributed by atoms with Crippen LogP contribution in [0.3, 0.4) is 0 Å². The van der Waals surface area contributed by atoms with Crippen LogP contribution in [0.15, 0.2) is 18.2 Å². The molecular weight excluding hydrogens is 240 g/mol. The van der Waals surface area contributed by atoms with Crippen LogP contribution in [0.4, 0.5) is 0 Å². The Balaban J connectivity index is 1.77. The van der Waals surface area contributed by atoms with Gasteiger partial charge in [0, 0.05) is 19.1 Å². The molecule has 3 rings (SSSR count). The van der Waals surface area contributed by atoms with Gasteiger partial charge in [-0.3, -0.25) is 4.79 Å². The summed E-state index contributed by atoms with van der Waals surface area (Å²) in [5, 5.41) is 13.4. The molecule has 4 nitrogen and oxygen atoms in total. The van der Waals surface area contributed by atoms with E-state index >= 15 is 0 Å². The molecular formula is C15H20N2O2. The van der Waals surface area contributed by atoms with Gasteiger partial charge < -0.3 is 15.3 Å². The first kappa shape index (κ1) is 12.5. The molecule has 2 saturated heterocycles. The van der Waals surface area contributed by atoms with E-state index in [0.717, 1.165) is 25.2 Å². The topological polar surface area (TPSA) is 52.6 Å². The van der Waals surface area contributed by atoms with Crippen LogP contribution in [-0.2, 0) is 0 Å². The van der Waals surface area contributed by atoms with Crippen LogP contribution in [0.25, 0.3) is 0 Å². The summed E-state index contributed by atoms with van der Waals surface area (Å²) in [7, 11) is 0. The van der Waals surface area contributed by atoms with Crippen LogP contribution in [-0.4, -0.2) is 41.6 Å². The lowest BCUT2D eigenvalue weighted by molar-refractivity contribution is 0.0782. The molecule has 0 aromatic heterocycles. The largest absolute Gasteiger partial charge is 0.507 e. The van der Waals surface area contributed by atoms with Crippen molar-refractivity contribution < 1.29 is 9.90 Å². The van der Waals surface area contributed by atoms with Crippen molar-refractivity contribution in [3.8, 4) is 5.75 Å². The van der Waals surface area contributed by atoms with E-state index < -0.39 is 0 Å². The van der Waals surface area contributed by atoms with Gasteiger partial charge in [0.25, 0.3) is 5.91 Å². The molecule has 2 heterocycles.